The van der Waals surface area contributed by atoms with Gasteiger partial charge in [0.1, 0.15) is 0 Å². The largest absolute Gasteiger partial charge is 0.359 e. The minimum Gasteiger partial charge on any atom is -0.359 e. The number of aryl methyl sites for hydroxylation is 1. The molecule has 27 heavy (non-hydrogen) atoms. The van der Waals surface area contributed by atoms with Crippen molar-refractivity contribution in [1.29, 1.82) is 0 Å². The molecule has 0 fully saturated rings. The molecule has 1 heterocycles. The van der Waals surface area contributed by atoms with Crippen molar-refractivity contribution in [2.45, 2.75) is 6.92 Å². The highest BCUT2D eigenvalue weighted by Gasteiger charge is 2.17. The van der Waals surface area contributed by atoms with Crippen molar-refractivity contribution in [2.24, 2.45) is 0 Å². The Balaban J connectivity index is 1.71. The van der Waals surface area contributed by atoms with Crippen LogP contribution in [0.2, 0.25) is 5.02 Å². The number of aromatic nitrogens is 1. The molecule has 0 saturated carbocycles. The molecular formula is C23H19ClN2O. The van der Waals surface area contributed by atoms with Crippen LogP contribution < -0.4 is 4.90 Å². The van der Waals surface area contributed by atoms with Crippen LogP contribution in [-0.4, -0.2) is 17.8 Å². The predicted molar refractivity (Wildman–Crippen MR) is 112 cm³/mol. The number of para-hydroxylation sites is 1. The Morgan fingerprint density at radius 2 is 1.78 bits per heavy atom. The third kappa shape index (κ3) is 3.11. The summed E-state index contributed by atoms with van der Waals surface area (Å²) < 4.78 is 0. The lowest BCUT2D eigenvalue weighted by molar-refractivity contribution is 0.103. The van der Waals surface area contributed by atoms with Crippen LogP contribution in [0.4, 0.5) is 11.4 Å². The maximum absolute atomic E-state index is 12.9. The molecule has 0 radical (unpaired) electrons. The van der Waals surface area contributed by atoms with E-state index in [1.807, 2.05) is 68.7 Å². The molecule has 0 saturated heterocycles. The molecule has 1 N–H and O–H groups in total. The second kappa shape index (κ2) is 6.93. The van der Waals surface area contributed by atoms with Gasteiger partial charge in [0.05, 0.1) is 16.2 Å². The van der Waals surface area contributed by atoms with E-state index >= 15 is 0 Å². The summed E-state index contributed by atoms with van der Waals surface area (Å²) in [4.78, 5) is 18.2. The number of aromatic amines is 1. The molecular weight excluding hydrogens is 356 g/mol. The molecule has 134 valence electrons. The second-order valence-corrected chi connectivity index (χ2v) is 6.99. The topological polar surface area (TPSA) is 36.1 Å². The maximum atomic E-state index is 12.9. The van der Waals surface area contributed by atoms with E-state index < -0.39 is 0 Å². The van der Waals surface area contributed by atoms with Crippen molar-refractivity contribution in [1.82, 2.24) is 4.98 Å². The summed E-state index contributed by atoms with van der Waals surface area (Å²) in [7, 11) is 1.99. The lowest BCUT2D eigenvalue weighted by atomic mass is 9.99. The molecule has 3 aromatic carbocycles. The number of nitrogens with one attached hydrogen (secondary N) is 1. The van der Waals surface area contributed by atoms with E-state index in [0.29, 0.717) is 16.1 Å². The number of halogens is 1. The van der Waals surface area contributed by atoms with E-state index in [2.05, 4.69) is 22.0 Å². The van der Waals surface area contributed by atoms with Crippen LogP contribution in [-0.2, 0) is 0 Å². The first-order valence-electron chi connectivity index (χ1n) is 8.76. The van der Waals surface area contributed by atoms with Gasteiger partial charge >= 0.3 is 0 Å². The van der Waals surface area contributed by atoms with Crippen LogP contribution in [0.15, 0.2) is 72.9 Å². The van der Waals surface area contributed by atoms with Gasteiger partial charge in [0.2, 0.25) is 0 Å². The number of H-pyrrole nitrogens is 1. The van der Waals surface area contributed by atoms with Crippen LogP contribution in [0.1, 0.15) is 21.5 Å². The SMILES string of the molecule is Cc1ccccc1C(=O)c1ccc(N(C)c2cccc3cc[nH]c23)cc1Cl. The summed E-state index contributed by atoms with van der Waals surface area (Å²) in [6.45, 7) is 1.93. The number of hydrogen-bond acceptors (Lipinski definition) is 2. The summed E-state index contributed by atoms with van der Waals surface area (Å²) in [5.74, 6) is -0.0567. The van der Waals surface area contributed by atoms with Crippen molar-refractivity contribution < 1.29 is 4.79 Å². The molecule has 1 aromatic heterocycles. The van der Waals surface area contributed by atoms with E-state index in [1.165, 1.54) is 0 Å². The van der Waals surface area contributed by atoms with Crippen molar-refractivity contribution in [2.75, 3.05) is 11.9 Å². The zero-order valence-corrected chi connectivity index (χ0v) is 15.9. The summed E-state index contributed by atoms with van der Waals surface area (Å²) in [5, 5.41) is 1.60. The molecule has 4 aromatic rings. The highest BCUT2D eigenvalue weighted by Crippen LogP contribution is 2.33. The zero-order chi connectivity index (χ0) is 19.0. The lowest BCUT2D eigenvalue weighted by Crippen LogP contribution is -2.11. The number of fused-ring (bicyclic) bond motifs is 1. The number of carbonyl (C=O) groups is 1. The van der Waals surface area contributed by atoms with E-state index in [0.717, 1.165) is 27.8 Å². The fourth-order valence-corrected chi connectivity index (χ4v) is 3.62. The van der Waals surface area contributed by atoms with Gasteiger partial charge in [0.25, 0.3) is 0 Å². The van der Waals surface area contributed by atoms with Crippen LogP contribution >= 0.6 is 11.6 Å². The summed E-state index contributed by atoms with van der Waals surface area (Å²) in [5.41, 5.74) is 5.17. The fraction of sp³-hybridized carbons (Fsp3) is 0.0870. The molecule has 0 unspecified atom stereocenters. The summed E-state index contributed by atoms with van der Waals surface area (Å²) >= 11 is 6.50. The van der Waals surface area contributed by atoms with E-state index in [9.17, 15) is 4.79 Å². The van der Waals surface area contributed by atoms with Crippen molar-refractivity contribution in [3.8, 4) is 0 Å². The molecule has 0 aliphatic heterocycles. The van der Waals surface area contributed by atoms with Crippen LogP contribution in [0.3, 0.4) is 0 Å². The third-order valence-electron chi connectivity index (χ3n) is 4.90. The molecule has 0 spiro atoms. The number of hydrogen-bond donors (Lipinski definition) is 1. The zero-order valence-electron chi connectivity index (χ0n) is 15.2. The van der Waals surface area contributed by atoms with Gasteiger partial charge in [-0.3, -0.25) is 4.79 Å². The minimum atomic E-state index is -0.0567. The van der Waals surface area contributed by atoms with Crippen LogP contribution in [0.25, 0.3) is 10.9 Å². The fourth-order valence-electron chi connectivity index (χ4n) is 3.36. The molecule has 3 nitrogen and oxygen atoms in total. The Bertz CT molecular complexity index is 1150. The van der Waals surface area contributed by atoms with Gasteiger partial charge in [0.15, 0.2) is 5.78 Å². The van der Waals surface area contributed by atoms with Gasteiger partial charge in [-0.25, -0.2) is 0 Å². The smallest absolute Gasteiger partial charge is 0.194 e. The average Bonchev–Trinajstić information content (AvgIpc) is 3.16. The number of rotatable bonds is 4. The van der Waals surface area contributed by atoms with Gasteiger partial charge in [-0.15, -0.1) is 0 Å². The quantitative estimate of drug-likeness (QED) is 0.436. The molecule has 0 aliphatic rings. The van der Waals surface area contributed by atoms with E-state index in [1.54, 1.807) is 6.07 Å². The van der Waals surface area contributed by atoms with Gasteiger partial charge < -0.3 is 9.88 Å². The first kappa shape index (κ1) is 17.4. The predicted octanol–water partition coefficient (Wildman–Crippen LogP) is 6.13. The van der Waals surface area contributed by atoms with Gasteiger partial charge in [-0.1, -0.05) is 48.0 Å². The van der Waals surface area contributed by atoms with Gasteiger partial charge in [-0.2, -0.15) is 0 Å². The average molecular weight is 375 g/mol. The monoisotopic (exact) mass is 374 g/mol. The Kier molecular flexibility index (Phi) is 4.46. The highest BCUT2D eigenvalue weighted by molar-refractivity contribution is 6.35. The summed E-state index contributed by atoms with van der Waals surface area (Å²) in [6, 6.07) is 21.3. The number of nitrogens with zero attached hydrogens (tertiary/aromatic N) is 1. The number of benzene rings is 3. The van der Waals surface area contributed by atoms with Crippen molar-refractivity contribution >= 4 is 39.7 Å². The van der Waals surface area contributed by atoms with Crippen LogP contribution in [0.5, 0.6) is 0 Å². The standard InChI is InChI=1S/C23H19ClN2O/c1-15-6-3-4-8-18(15)23(27)19-11-10-17(14-20(19)24)26(2)21-9-5-7-16-12-13-25-22(16)21/h3-14,25H,1-2H3. The third-order valence-corrected chi connectivity index (χ3v) is 5.21. The normalized spacial score (nSPS) is 10.9. The highest BCUT2D eigenvalue weighted by atomic mass is 35.5. The van der Waals surface area contributed by atoms with E-state index in [-0.39, 0.29) is 5.78 Å². The van der Waals surface area contributed by atoms with E-state index in [4.69, 9.17) is 11.6 Å². The Hall–Kier alpha value is -3.04. The summed E-state index contributed by atoms with van der Waals surface area (Å²) in [6.07, 6.45) is 1.93. The first-order valence-corrected chi connectivity index (χ1v) is 9.14. The van der Waals surface area contributed by atoms with Gasteiger partial charge in [0, 0.05) is 35.4 Å². The number of ketones is 1. The minimum absolute atomic E-state index is 0.0567. The Morgan fingerprint density at radius 1 is 0.963 bits per heavy atom. The maximum Gasteiger partial charge on any atom is 0.194 e. The van der Waals surface area contributed by atoms with Crippen molar-refractivity contribution in [3.63, 3.8) is 0 Å². The molecule has 4 rings (SSSR count). The first-order chi connectivity index (χ1) is 13.1. The Morgan fingerprint density at radius 3 is 2.56 bits per heavy atom. The van der Waals surface area contributed by atoms with Crippen molar-refractivity contribution in [3.05, 3.63) is 94.6 Å². The Labute approximate surface area is 163 Å². The molecule has 0 atom stereocenters. The molecule has 4 heteroatoms. The molecule has 0 aliphatic carbocycles. The lowest BCUT2D eigenvalue weighted by Gasteiger charge is -2.21. The molecule has 0 amide bonds. The molecule has 0 bridgehead atoms. The number of anilines is 2. The number of carbonyl (C=O) groups excluding carboxylic acids is 1. The second-order valence-electron chi connectivity index (χ2n) is 6.59. The van der Waals surface area contributed by atoms with Crippen LogP contribution in [0, 0.1) is 6.92 Å². The van der Waals surface area contributed by atoms with Gasteiger partial charge in [-0.05, 0) is 42.8 Å².